The van der Waals surface area contributed by atoms with Crippen LogP contribution >= 0.6 is 11.8 Å². The second-order valence-corrected chi connectivity index (χ2v) is 6.54. The summed E-state index contributed by atoms with van der Waals surface area (Å²) in [5.41, 5.74) is 4.41. The maximum atomic E-state index is 4.71. The topological polar surface area (TPSA) is 43.1 Å². The minimum absolute atomic E-state index is 0.758. The van der Waals surface area contributed by atoms with Crippen molar-refractivity contribution in [2.75, 3.05) is 0 Å². The van der Waals surface area contributed by atoms with Crippen molar-refractivity contribution in [3.8, 4) is 11.4 Å². The molecule has 0 aliphatic rings. The fourth-order valence-corrected chi connectivity index (χ4v) is 3.47. The van der Waals surface area contributed by atoms with Crippen molar-refractivity contribution in [1.29, 1.82) is 0 Å². The molecule has 24 heavy (non-hydrogen) atoms. The largest absolute Gasteiger partial charge is 0.192 e. The molecule has 0 aliphatic heterocycles. The van der Waals surface area contributed by atoms with Crippen LogP contribution in [0.4, 0.5) is 0 Å². The number of rotatable bonds is 4. The van der Waals surface area contributed by atoms with Crippen LogP contribution in [-0.2, 0) is 5.75 Å². The quantitative estimate of drug-likeness (QED) is 0.520. The molecule has 2 aromatic carbocycles. The Balaban J connectivity index is 1.64. The lowest BCUT2D eigenvalue weighted by Crippen LogP contribution is -1.96. The molecule has 0 fully saturated rings. The van der Waals surface area contributed by atoms with E-state index in [4.69, 9.17) is 5.10 Å². The first-order valence-corrected chi connectivity index (χ1v) is 8.75. The van der Waals surface area contributed by atoms with Gasteiger partial charge in [-0.25, -0.2) is 0 Å². The first kappa shape index (κ1) is 14.9. The van der Waals surface area contributed by atoms with Gasteiger partial charge in [0.2, 0.25) is 0 Å². The first-order chi connectivity index (χ1) is 11.8. The third-order valence-electron chi connectivity index (χ3n) is 3.91. The van der Waals surface area contributed by atoms with Gasteiger partial charge in [0.05, 0.1) is 0 Å². The SMILES string of the molecule is Cc1ccccc1CSc1ccc2nnc(-c3ccccc3)n2n1. The summed E-state index contributed by atoms with van der Waals surface area (Å²) in [6.45, 7) is 2.14. The Morgan fingerprint density at radius 1 is 0.875 bits per heavy atom. The predicted octanol–water partition coefficient (Wildman–Crippen LogP) is 4.39. The highest BCUT2D eigenvalue weighted by Gasteiger charge is 2.10. The van der Waals surface area contributed by atoms with Gasteiger partial charge in [-0.1, -0.05) is 66.4 Å². The Kier molecular flexibility index (Phi) is 4.01. The summed E-state index contributed by atoms with van der Waals surface area (Å²) in [7, 11) is 0. The number of hydrogen-bond acceptors (Lipinski definition) is 4. The van der Waals surface area contributed by atoms with E-state index < -0.39 is 0 Å². The minimum Gasteiger partial charge on any atom is -0.192 e. The molecule has 4 rings (SSSR count). The Hall–Kier alpha value is -2.66. The summed E-state index contributed by atoms with van der Waals surface area (Å²) in [5.74, 6) is 1.66. The fraction of sp³-hybridized carbons (Fsp3) is 0.105. The summed E-state index contributed by atoms with van der Waals surface area (Å²) in [4.78, 5) is 0. The van der Waals surface area contributed by atoms with Crippen LogP contribution in [0, 0.1) is 6.92 Å². The van der Waals surface area contributed by atoms with Crippen molar-refractivity contribution in [1.82, 2.24) is 19.8 Å². The highest BCUT2D eigenvalue weighted by molar-refractivity contribution is 7.98. The zero-order valence-corrected chi connectivity index (χ0v) is 14.1. The highest BCUT2D eigenvalue weighted by Crippen LogP contribution is 2.24. The lowest BCUT2D eigenvalue weighted by atomic mass is 10.1. The van der Waals surface area contributed by atoms with Gasteiger partial charge in [0.1, 0.15) is 5.03 Å². The fourth-order valence-electron chi connectivity index (χ4n) is 2.54. The van der Waals surface area contributed by atoms with Crippen molar-refractivity contribution < 1.29 is 0 Å². The van der Waals surface area contributed by atoms with Crippen LogP contribution in [0.2, 0.25) is 0 Å². The lowest BCUT2D eigenvalue weighted by Gasteiger charge is -2.05. The van der Waals surface area contributed by atoms with Gasteiger partial charge in [0.15, 0.2) is 11.5 Å². The molecule has 0 saturated carbocycles. The van der Waals surface area contributed by atoms with Gasteiger partial charge in [-0.05, 0) is 30.2 Å². The third kappa shape index (κ3) is 2.90. The van der Waals surface area contributed by atoms with E-state index in [-0.39, 0.29) is 0 Å². The number of aromatic nitrogens is 4. The van der Waals surface area contributed by atoms with Crippen LogP contribution in [0.25, 0.3) is 17.0 Å². The maximum absolute atomic E-state index is 4.71. The number of aryl methyl sites for hydroxylation is 1. The molecule has 0 unspecified atom stereocenters. The second kappa shape index (κ2) is 6.45. The van der Waals surface area contributed by atoms with Crippen molar-refractivity contribution in [3.05, 3.63) is 77.9 Å². The molecule has 5 heteroatoms. The average molecular weight is 332 g/mol. The smallest absolute Gasteiger partial charge is 0.185 e. The van der Waals surface area contributed by atoms with E-state index in [1.54, 1.807) is 11.8 Å². The minimum atomic E-state index is 0.758. The first-order valence-electron chi connectivity index (χ1n) is 7.76. The average Bonchev–Trinajstić information content (AvgIpc) is 3.05. The Labute approximate surface area is 144 Å². The second-order valence-electron chi connectivity index (χ2n) is 5.55. The van der Waals surface area contributed by atoms with Crippen LogP contribution in [0.1, 0.15) is 11.1 Å². The normalized spacial score (nSPS) is 11.0. The summed E-state index contributed by atoms with van der Waals surface area (Å²) in [6, 6.07) is 22.4. The third-order valence-corrected chi connectivity index (χ3v) is 4.88. The summed E-state index contributed by atoms with van der Waals surface area (Å²) < 4.78 is 1.81. The summed E-state index contributed by atoms with van der Waals surface area (Å²) in [5, 5.41) is 14.2. The molecule has 2 aromatic heterocycles. The molecule has 0 aliphatic carbocycles. The van der Waals surface area contributed by atoms with E-state index in [0.717, 1.165) is 27.8 Å². The zero-order valence-electron chi connectivity index (χ0n) is 13.3. The summed E-state index contributed by atoms with van der Waals surface area (Å²) in [6.07, 6.45) is 0. The Bertz CT molecular complexity index is 979. The van der Waals surface area contributed by atoms with Crippen molar-refractivity contribution in [2.24, 2.45) is 0 Å². The molecule has 4 aromatic rings. The molecule has 0 bridgehead atoms. The molecule has 2 heterocycles. The van der Waals surface area contributed by atoms with Gasteiger partial charge in [-0.15, -0.1) is 10.2 Å². The zero-order chi connectivity index (χ0) is 16.4. The molecule has 118 valence electrons. The molecule has 0 N–H and O–H groups in total. The lowest BCUT2D eigenvalue weighted by molar-refractivity contribution is 0.860. The van der Waals surface area contributed by atoms with Crippen LogP contribution in [0.15, 0.2) is 71.8 Å². The van der Waals surface area contributed by atoms with Gasteiger partial charge in [-0.2, -0.15) is 9.61 Å². The van der Waals surface area contributed by atoms with Gasteiger partial charge < -0.3 is 0 Å². The van der Waals surface area contributed by atoms with E-state index in [1.165, 1.54) is 11.1 Å². The number of nitrogens with zero attached hydrogens (tertiary/aromatic N) is 4. The molecule has 4 nitrogen and oxygen atoms in total. The molecule has 0 radical (unpaired) electrons. The monoisotopic (exact) mass is 332 g/mol. The van der Waals surface area contributed by atoms with E-state index in [0.29, 0.717) is 0 Å². The van der Waals surface area contributed by atoms with E-state index in [2.05, 4.69) is 41.4 Å². The van der Waals surface area contributed by atoms with Gasteiger partial charge >= 0.3 is 0 Å². The molecule has 0 atom stereocenters. The van der Waals surface area contributed by atoms with Gasteiger partial charge in [0, 0.05) is 11.3 Å². The van der Waals surface area contributed by atoms with Crippen LogP contribution in [0.3, 0.4) is 0 Å². The Morgan fingerprint density at radius 3 is 2.50 bits per heavy atom. The number of fused-ring (bicyclic) bond motifs is 1. The highest BCUT2D eigenvalue weighted by atomic mass is 32.2. The van der Waals surface area contributed by atoms with Crippen LogP contribution in [-0.4, -0.2) is 19.8 Å². The molecule has 0 saturated heterocycles. The van der Waals surface area contributed by atoms with Crippen molar-refractivity contribution >= 4 is 17.4 Å². The molecule has 0 spiro atoms. The van der Waals surface area contributed by atoms with E-state index in [1.807, 2.05) is 47.0 Å². The Morgan fingerprint density at radius 2 is 1.67 bits per heavy atom. The van der Waals surface area contributed by atoms with Gasteiger partial charge in [0.25, 0.3) is 0 Å². The van der Waals surface area contributed by atoms with Crippen molar-refractivity contribution in [2.45, 2.75) is 17.7 Å². The molecular weight excluding hydrogens is 316 g/mol. The maximum Gasteiger partial charge on any atom is 0.185 e. The predicted molar refractivity (Wildman–Crippen MR) is 97.0 cm³/mol. The van der Waals surface area contributed by atoms with Crippen LogP contribution < -0.4 is 0 Å². The van der Waals surface area contributed by atoms with E-state index in [9.17, 15) is 0 Å². The van der Waals surface area contributed by atoms with Gasteiger partial charge in [-0.3, -0.25) is 0 Å². The number of thioether (sulfide) groups is 1. The standard InChI is InChI=1S/C19H16N4S/c1-14-7-5-6-10-16(14)13-24-18-12-11-17-20-21-19(23(17)22-18)15-8-3-2-4-9-15/h2-12H,13H2,1H3. The number of benzene rings is 2. The molecule has 0 amide bonds. The molecular formula is C19H16N4S. The van der Waals surface area contributed by atoms with E-state index >= 15 is 0 Å². The number of hydrogen-bond donors (Lipinski definition) is 0. The summed E-state index contributed by atoms with van der Waals surface area (Å²) >= 11 is 1.72. The van der Waals surface area contributed by atoms with Crippen molar-refractivity contribution in [3.63, 3.8) is 0 Å². The van der Waals surface area contributed by atoms with Crippen LogP contribution in [0.5, 0.6) is 0 Å².